The molecule has 2 heterocycles. The van der Waals surface area contributed by atoms with Crippen LogP contribution in [0.4, 0.5) is 0 Å². The lowest BCUT2D eigenvalue weighted by molar-refractivity contribution is 0.0935. The number of nitrogens with zero attached hydrogens (tertiary/aromatic N) is 2. The third kappa shape index (κ3) is 2.88. The average Bonchev–Trinajstić information content (AvgIpc) is 3.06. The molecule has 5 nitrogen and oxygen atoms in total. The van der Waals surface area contributed by atoms with Crippen LogP contribution >= 0.6 is 0 Å². The van der Waals surface area contributed by atoms with E-state index in [1.54, 1.807) is 12.4 Å². The summed E-state index contributed by atoms with van der Waals surface area (Å²) < 4.78 is 5.38. The predicted molar refractivity (Wildman–Crippen MR) is 82.1 cm³/mol. The second-order valence-electron chi connectivity index (χ2n) is 4.87. The number of carbonyl (C=O) groups excluding carboxylic acids is 1. The van der Waals surface area contributed by atoms with E-state index in [9.17, 15) is 4.79 Å². The smallest absolute Gasteiger partial charge is 0.274 e. The molecule has 0 aliphatic rings. The lowest BCUT2D eigenvalue weighted by Crippen LogP contribution is -2.27. The molecule has 0 saturated carbocycles. The molecule has 0 bridgehead atoms. The summed E-state index contributed by atoms with van der Waals surface area (Å²) in [6, 6.07) is 13.0. The first-order valence-corrected chi connectivity index (χ1v) is 6.95. The molecule has 3 rings (SSSR count). The molecule has 1 unspecified atom stereocenters. The Morgan fingerprint density at radius 2 is 1.86 bits per heavy atom. The number of oxazole rings is 1. The zero-order valence-electron chi connectivity index (χ0n) is 12.1. The van der Waals surface area contributed by atoms with E-state index in [0.717, 1.165) is 11.1 Å². The highest BCUT2D eigenvalue weighted by Gasteiger charge is 2.20. The number of carbonyl (C=O) groups is 1. The number of amides is 1. The number of benzene rings is 1. The molecule has 1 aromatic carbocycles. The number of rotatable bonds is 4. The average molecular weight is 293 g/mol. The molecule has 0 aliphatic heterocycles. The van der Waals surface area contributed by atoms with Crippen LogP contribution in [0.15, 0.2) is 65.7 Å². The van der Waals surface area contributed by atoms with Crippen molar-refractivity contribution in [2.75, 3.05) is 0 Å². The predicted octanol–water partition coefficient (Wildman–Crippen LogP) is 3.23. The summed E-state index contributed by atoms with van der Waals surface area (Å²) in [5, 5.41) is 2.92. The van der Waals surface area contributed by atoms with Gasteiger partial charge in [-0.3, -0.25) is 9.78 Å². The van der Waals surface area contributed by atoms with Crippen LogP contribution in [0.25, 0.3) is 11.3 Å². The van der Waals surface area contributed by atoms with Crippen LogP contribution in [0, 0.1) is 0 Å². The molecule has 0 aliphatic carbocycles. The fourth-order valence-corrected chi connectivity index (χ4v) is 2.20. The van der Waals surface area contributed by atoms with Gasteiger partial charge >= 0.3 is 0 Å². The molecular formula is C17H15N3O2. The minimum atomic E-state index is -0.267. The van der Waals surface area contributed by atoms with E-state index in [1.165, 1.54) is 6.39 Å². The largest absolute Gasteiger partial charge is 0.443 e. The molecule has 5 heteroatoms. The first-order valence-electron chi connectivity index (χ1n) is 6.95. The van der Waals surface area contributed by atoms with Crippen molar-refractivity contribution in [3.8, 4) is 11.3 Å². The normalized spacial score (nSPS) is 11.9. The topological polar surface area (TPSA) is 68.0 Å². The molecule has 0 spiro atoms. The fourth-order valence-electron chi connectivity index (χ4n) is 2.20. The molecule has 0 radical (unpaired) electrons. The number of nitrogens with one attached hydrogen (secondary N) is 1. The Morgan fingerprint density at radius 1 is 1.14 bits per heavy atom. The molecule has 0 saturated heterocycles. The Bertz CT molecular complexity index is 754. The van der Waals surface area contributed by atoms with E-state index in [-0.39, 0.29) is 17.6 Å². The number of hydrogen-bond acceptors (Lipinski definition) is 4. The van der Waals surface area contributed by atoms with Crippen LogP contribution in [-0.2, 0) is 0 Å². The van der Waals surface area contributed by atoms with Crippen LogP contribution in [0.5, 0.6) is 0 Å². The van der Waals surface area contributed by atoms with Gasteiger partial charge in [-0.1, -0.05) is 30.3 Å². The zero-order valence-corrected chi connectivity index (χ0v) is 12.1. The molecule has 1 amide bonds. The summed E-state index contributed by atoms with van der Waals surface area (Å²) in [5.74, 6) is 0.206. The molecule has 1 N–H and O–H groups in total. The Balaban J connectivity index is 1.81. The standard InChI is InChI=1S/C17H15N3O2/c1-12(13-7-9-18-10-8-13)20-17(21)15-16(22-11-19-15)14-5-3-2-4-6-14/h2-12H,1H3,(H,20,21). The Morgan fingerprint density at radius 3 is 2.59 bits per heavy atom. The Hall–Kier alpha value is -2.95. The summed E-state index contributed by atoms with van der Waals surface area (Å²) >= 11 is 0. The highest BCUT2D eigenvalue weighted by molar-refractivity contribution is 5.97. The second-order valence-corrected chi connectivity index (χ2v) is 4.87. The maximum absolute atomic E-state index is 12.4. The molecule has 110 valence electrons. The SMILES string of the molecule is CC(NC(=O)c1ncoc1-c1ccccc1)c1ccncc1. The van der Waals surface area contributed by atoms with Gasteiger partial charge < -0.3 is 9.73 Å². The van der Waals surface area contributed by atoms with Gasteiger partial charge in [0.15, 0.2) is 17.8 Å². The maximum atomic E-state index is 12.4. The van der Waals surface area contributed by atoms with Gasteiger partial charge in [-0.05, 0) is 24.6 Å². The summed E-state index contributed by atoms with van der Waals surface area (Å²) in [6.45, 7) is 1.91. The van der Waals surface area contributed by atoms with Gasteiger partial charge in [-0.15, -0.1) is 0 Å². The van der Waals surface area contributed by atoms with Crippen molar-refractivity contribution in [2.45, 2.75) is 13.0 Å². The van der Waals surface area contributed by atoms with Crippen LogP contribution in [0.1, 0.15) is 29.0 Å². The van der Waals surface area contributed by atoms with E-state index < -0.39 is 0 Å². The van der Waals surface area contributed by atoms with E-state index >= 15 is 0 Å². The second kappa shape index (κ2) is 6.22. The van der Waals surface area contributed by atoms with Crippen molar-refractivity contribution < 1.29 is 9.21 Å². The van der Waals surface area contributed by atoms with E-state index in [2.05, 4.69) is 15.3 Å². The number of pyridine rings is 1. The van der Waals surface area contributed by atoms with Crippen LogP contribution in [-0.4, -0.2) is 15.9 Å². The van der Waals surface area contributed by atoms with Gasteiger partial charge in [0.05, 0.1) is 6.04 Å². The van der Waals surface area contributed by atoms with Gasteiger partial charge in [-0.2, -0.15) is 0 Å². The fraction of sp³-hybridized carbons (Fsp3) is 0.118. The monoisotopic (exact) mass is 293 g/mol. The highest BCUT2D eigenvalue weighted by atomic mass is 16.3. The van der Waals surface area contributed by atoms with Crippen molar-refractivity contribution >= 4 is 5.91 Å². The van der Waals surface area contributed by atoms with Crippen LogP contribution in [0.3, 0.4) is 0 Å². The third-order valence-electron chi connectivity index (χ3n) is 3.37. The number of hydrogen-bond donors (Lipinski definition) is 1. The van der Waals surface area contributed by atoms with Gasteiger partial charge in [0.25, 0.3) is 5.91 Å². The molecule has 2 aromatic heterocycles. The van der Waals surface area contributed by atoms with Crippen LogP contribution < -0.4 is 5.32 Å². The molecular weight excluding hydrogens is 278 g/mol. The summed E-state index contributed by atoms with van der Waals surface area (Å²) in [5.41, 5.74) is 2.09. The third-order valence-corrected chi connectivity index (χ3v) is 3.37. The van der Waals surface area contributed by atoms with Gasteiger partial charge in [0.2, 0.25) is 0 Å². The first-order chi connectivity index (χ1) is 10.8. The van der Waals surface area contributed by atoms with Gasteiger partial charge in [0.1, 0.15) is 0 Å². The summed E-state index contributed by atoms with van der Waals surface area (Å²) in [7, 11) is 0. The van der Waals surface area contributed by atoms with Crippen LogP contribution in [0.2, 0.25) is 0 Å². The molecule has 1 atom stereocenters. The van der Waals surface area contributed by atoms with Gasteiger partial charge in [0, 0.05) is 18.0 Å². The zero-order chi connectivity index (χ0) is 15.4. The van der Waals surface area contributed by atoms with E-state index in [0.29, 0.717) is 5.76 Å². The lowest BCUT2D eigenvalue weighted by atomic mass is 10.1. The summed E-state index contributed by atoms with van der Waals surface area (Å²) in [4.78, 5) is 20.5. The minimum absolute atomic E-state index is 0.143. The Labute approximate surface area is 128 Å². The maximum Gasteiger partial charge on any atom is 0.274 e. The van der Waals surface area contributed by atoms with Crippen molar-refractivity contribution in [3.05, 3.63) is 72.5 Å². The van der Waals surface area contributed by atoms with Crippen molar-refractivity contribution in [1.82, 2.24) is 15.3 Å². The quantitative estimate of drug-likeness (QED) is 0.802. The van der Waals surface area contributed by atoms with Crippen molar-refractivity contribution in [3.63, 3.8) is 0 Å². The van der Waals surface area contributed by atoms with Crippen molar-refractivity contribution in [1.29, 1.82) is 0 Å². The molecule has 3 aromatic rings. The first kappa shape index (κ1) is 14.0. The molecule has 22 heavy (non-hydrogen) atoms. The highest BCUT2D eigenvalue weighted by Crippen LogP contribution is 2.23. The van der Waals surface area contributed by atoms with E-state index in [1.807, 2.05) is 49.4 Å². The van der Waals surface area contributed by atoms with Gasteiger partial charge in [-0.25, -0.2) is 4.98 Å². The van der Waals surface area contributed by atoms with Crippen molar-refractivity contribution in [2.24, 2.45) is 0 Å². The van der Waals surface area contributed by atoms with E-state index in [4.69, 9.17) is 4.42 Å². The number of aromatic nitrogens is 2. The summed E-state index contributed by atoms with van der Waals surface area (Å²) in [6.07, 6.45) is 4.68. The minimum Gasteiger partial charge on any atom is -0.443 e. The Kier molecular flexibility index (Phi) is 3.96. The lowest BCUT2D eigenvalue weighted by Gasteiger charge is -2.13. The molecule has 0 fully saturated rings.